The second-order valence-corrected chi connectivity index (χ2v) is 11.0. The summed E-state index contributed by atoms with van der Waals surface area (Å²) < 4.78 is 6.88. The third kappa shape index (κ3) is 5.34. The van der Waals surface area contributed by atoms with Crippen LogP contribution in [0, 0.1) is 0 Å². The molecule has 6 rings (SSSR count). The number of aliphatic imine (C=N–C) groups is 1. The molecule has 1 atom stereocenters. The lowest BCUT2D eigenvalue weighted by Gasteiger charge is -2.30. The predicted molar refractivity (Wildman–Crippen MR) is 157 cm³/mol. The first kappa shape index (κ1) is 24.7. The van der Waals surface area contributed by atoms with Crippen LogP contribution in [0.1, 0.15) is 52.4 Å². The number of ether oxygens (including phenoxy) is 1. The zero-order valence-corrected chi connectivity index (χ0v) is 22.3. The SMILES string of the molecule is O=C1CCCc2c1ccc(O[C@H](CN1C=NCCC1)c1ccccc1)c2CSc1cccc2ccccc12. The van der Waals surface area contributed by atoms with Gasteiger partial charge in [0.05, 0.1) is 12.9 Å². The van der Waals surface area contributed by atoms with Gasteiger partial charge < -0.3 is 9.64 Å². The van der Waals surface area contributed by atoms with E-state index in [1.165, 1.54) is 15.7 Å². The highest BCUT2D eigenvalue weighted by molar-refractivity contribution is 7.98. The highest BCUT2D eigenvalue weighted by atomic mass is 32.2. The molecule has 2 aliphatic rings. The summed E-state index contributed by atoms with van der Waals surface area (Å²) in [6.07, 6.45) is 5.33. The molecule has 5 heteroatoms. The van der Waals surface area contributed by atoms with Gasteiger partial charge in [-0.1, -0.05) is 66.7 Å². The summed E-state index contributed by atoms with van der Waals surface area (Å²) in [5, 5.41) is 2.50. The quantitative estimate of drug-likeness (QED) is 0.226. The van der Waals surface area contributed by atoms with E-state index < -0.39 is 0 Å². The lowest BCUT2D eigenvalue weighted by atomic mass is 9.87. The van der Waals surface area contributed by atoms with E-state index in [0.29, 0.717) is 6.42 Å². The zero-order chi connectivity index (χ0) is 25.7. The third-order valence-corrected chi connectivity index (χ3v) is 8.56. The number of ketones is 1. The zero-order valence-electron chi connectivity index (χ0n) is 21.5. The van der Waals surface area contributed by atoms with Gasteiger partial charge in [-0.2, -0.15) is 0 Å². The van der Waals surface area contributed by atoms with Gasteiger partial charge in [0.15, 0.2) is 5.78 Å². The predicted octanol–water partition coefficient (Wildman–Crippen LogP) is 7.51. The minimum Gasteiger partial charge on any atom is -0.484 e. The third-order valence-electron chi connectivity index (χ3n) is 7.46. The summed E-state index contributed by atoms with van der Waals surface area (Å²) in [5.41, 5.74) is 4.34. The summed E-state index contributed by atoms with van der Waals surface area (Å²) in [6.45, 7) is 2.61. The van der Waals surface area contributed by atoms with Crippen LogP contribution in [0.15, 0.2) is 94.8 Å². The van der Waals surface area contributed by atoms with Crippen LogP contribution in [0.4, 0.5) is 0 Å². The van der Waals surface area contributed by atoms with Crippen molar-refractivity contribution in [3.8, 4) is 5.75 Å². The van der Waals surface area contributed by atoms with E-state index in [1.54, 1.807) is 0 Å². The largest absolute Gasteiger partial charge is 0.484 e. The number of nitrogens with zero attached hydrogens (tertiary/aromatic N) is 2. The summed E-state index contributed by atoms with van der Waals surface area (Å²) in [7, 11) is 0. The fraction of sp³-hybridized carbons (Fsp3) is 0.273. The number of carbonyl (C=O) groups is 1. The first-order valence-corrected chi connectivity index (χ1v) is 14.5. The maximum Gasteiger partial charge on any atom is 0.163 e. The van der Waals surface area contributed by atoms with Gasteiger partial charge in [0.2, 0.25) is 0 Å². The molecule has 0 N–H and O–H groups in total. The molecule has 1 aliphatic carbocycles. The number of hydrogen-bond donors (Lipinski definition) is 0. The fourth-order valence-electron chi connectivity index (χ4n) is 5.50. The number of thioether (sulfide) groups is 1. The number of Topliss-reactive ketones (excluding diaryl/α,β-unsaturated/α-hetero) is 1. The molecule has 0 fully saturated rings. The Morgan fingerprint density at radius 2 is 1.74 bits per heavy atom. The van der Waals surface area contributed by atoms with E-state index >= 15 is 0 Å². The molecule has 0 spiro atoms. The minimum absolute atomic E-state index is 0.139. The minimum atomic E-state index is -0.139. The van der Waals surface area contributed by atoms with Crippen molar-refractivity contribution in [3.63, 3.8) is 0 Å². The van der Waals surface area contributed by atoms with Gasteiger partial charge in [-0.25, -0.2) is 0 Å². The maximum atomic E-state index is 12.8. The van der Waals surface area contributed by atoms with Gasteiger partial charge in [0.1, 0.15) is 11.9 Å². The van der Waals surface area contributed by atoms with Crippen LogP contribution < -0.4 is 4.74 Å². The van der Waals surface area contributed by atoms with Crippen molar-refractivity contribution in [2.45, 2.75) is 42.4 Å². The molecule has 0 amide bonds. The Hall–Kier alpha value is -3.57. The molecular formula is C33H32N2O2S. The van der Waals surface area contributed by atoms with Crippen LogP contribution in [0.5, 0.6) is 5.75 Å². The summed E-state index contributed by atoms with van der Waals surface area (Å²) in [4.78, 5) is 20.8. The standard InChI is InChI=1S/C33H32N2O2S/c36-30-15-7-14-27-28(30)17-18-31(29(27)22-38-33-16-6-12-24-9-4-5-13-26(24)33)37-32(25-10-2-1-3-11-25)21-35-20-8-19-34-23-35/h1-6,9-13,16-18,23,32H,7-8,14-15,19-22H2/t32-/m1/s1. The second-order valence-electron chi connectivity index (χ2n) is 10.00. The molecule has 4 nitrogen and oxygen atoms in total. The molecule has 0 saturated carbocycles. The lowest BCUT2D eigenvalue weighted by molar-refractivity contribution is 0.0972. The van der Waals surface area contributed by atoms with Crippen molar-refractivity contribution in [1.29, 1.82) is 0 Å². The van der Waals surface area contributed by atoms with E-state index in [1.807, 2.05) is 36.3 Å². The molecule has 0 aromatic heterocycles. The summed E-state index contributed by atoms with van der Waals surface area (Å²) in [6, 6.07) is 29.5. The first-order valence-electron chi connectivity index (χ1n) is 13.5. The molecule has 0 radical (unpaired) electrons. The highest BCUT2D eigenvalue weighted by Crippen LogP contribution is 2.39. The van der Waals surface area contributed by atoms with Crippen LogP contribution >= 0.6 is 11.8 Å². The van der Waals surface area contributed by atoms with E-state index in [9.17, 15) is 4.79 Å². The summed E-state index contributed by atoms with van der Waals surface area (Å²) >= 11 is 1.83. The van der Waals surface area contributed by atoms with Crippen LogP contribution in [0.3, 0.4) is 0 Å². The Kier molecular flexibility index (Phi) is 7.45. The number of rotatable bonds is 8. The Labute approximate surface area is 228 Å². The molecular weight excluding hydrogens is 488 g/mol. The number of hydrogen-bond acceptors (Lipinski definition) is 5. The van der Waals surface area contributed by atoms with Gasteiger partial charge in [0, 0.05) is 41.3 Å². The van der Waals surface area contributed by atoms with Crippen LogP contribution in [-0.2, 0) is 12.2 Å². The van der Waals surface area contributed by atoms with Crippen LogP contribution in [0.25, 0.3) is 10.8 Å². The van der Waals surface area contributed by atoms with Crippen molar-refractivity contribution in [3.05, 3.63) is 107 Å². The highest BCUT2D eigenvalue weighted by Gasteiger charge is 2.25. The Morgan fingerprint density at radius 1 is 0.895 bits per heavy atom. The Bertz CT molecular complexity index is 1460. The van der Waals surface area contributed by atoms with Crippen LogP contribution in [-0.4, -0.2) is 36.7 Å². The molecule has 38 heavy (non-hydrogen) atoms. The molecule has 4 aromatic rings. The smallest absolute Gasteiger partial charge is 0.163 e. The van der Waals surface area contributed by atoms with Gasteiger partial charge in [-0.05, 0) is 59.4 Å². The number of fused-ring (bicyclic) bond motifs is 2. The van der Waals surface area contributed by atoms with E-state index in [0.717, 1.165) is 72.7 Å². The maximum absolute atomic E-state index is 12.8. The van der Waals surface area contributed by atoms with E-state index in [-0.39, 0.29) is 11.9 Å². The van der Waals surface area contributed by atoms with Crippen molar-refractivity contribution < 1.29 is 9.53 Å². The molecule has 0 saturated heterocycles. The molecule has 0 unspecified atom stereocenters. The van der Waals surface area contributed by atoms with Crippen molar-refractivity contribution in [2.75, 3.05) is 19.6 Å². The van der Waals surface area contributed by atoms with Crippen molar-refractivity contribution in [1.82, 2.24) is 4.90 Å². The fourth-order valence-corrected chi connectivity index (χ4v) is 6.63. The lowest BCUT2D eigenvalue weighted by Crippen LogP contribution is -2.33. The normalized spacial score (nSPS) is 15.9. The van der Waals surface area contributed by atoms with Gasteiger partial charge in [-0.15, -0.1) is 11.8 Å². The van der Waals surface area contributed by atoms with Gasteiger partial charge in [0.25, 0.3) is 0 Å². The van der Waals surface area contributed by atoms with Crippen molar-refractivity contribution in [2.24, 2.45) is 4.99 Å². The second kappa shape index (κ2) is 11.4. The average Bonchev–Trinajstić information content (AvgIpc) is 2.97. The summed E-state index contributed by atoms with van der Waals surface area (Å²) in [5.74, 6) is 1.89. The van der Waals surface area contributed by atoms with E-state index in [4.69, 9.17) is 4.74 Å². The molecule has 4 aromatic carbocycles. The van der Waals surface area contributed by atoms with E-state index in [2.05, 4.69) is 76.6 Å². The Morgan fingerprint density at radius 3 is 2.61 bits per heavy atom. The number of carbonyl (C=O) groups excluding carboxylic acids is 1. The molecule has 0 bridgehead atoms. The molecule has 1 aliphatic heterocycles. The number of benzene rings is 4. The van der Waals surface area contributed by atoms with Gasteiger partial charge >= 0.3 is 0 Å². The monoisotopic (exact) mass is 520 g/mol. The van der Waals surface area contributed by atoms with Gasteiger partial charge in [-0.3, -0.25) is 9.79 Å². The van der Waals surface area contributed by atoms with Crippen molar-refractivity contribution >= 4 is 34.7 Å². The van der Waals surface area contributed by atoms with Crippen LogP contribution in [0.2, 0.25) is 0 Å². The molecule has 192 valence electrons. The average molecular weight is 521 g/mol. The topological polar surface area (TPSA) is 41.9 Å². The molecule has 1 heterocycles. The first-order chi connectivity index (χ1) is 18.8. The Balaban J connectivity index is 1.35.